The second kappa shape index (κ2) is 8.44. The highest BCUT2D eigenvalue weighted by Gasteiger charge is 2.04. The van der Waals surface area contributed by atoms with Gasteiger partial charge in [-0.2, -0.15) is 0 Å². The Kier molecular flexibility index (Phi) is 6.28. The molecule has 0 atom stereocenters. The first-order valence-electron chi connectivity index (χ1n) is 7.35. The SMILES string of the molecule is Cc1ccccc1OCC(=O)NCCCc1ccc(Cl)cc1. The van der Waals surface area contributed by atoms with Crippen molar-refractivity contribution in [1.29, 1.82) is 0 Å². The molecule has 116 valence electrons. The number of aryl methyl sites for hydroxylation is 2. The monoisotopic (exact) mass is 317 g/mol. The lowest BCUT2D eigenvalue weighted by Gasteiger charge is -2.09. The summed E-state index contributed by atoms with van der Waals surface area (Å²) in [5.41, 5.74) is 2.24. The van der Waals surface area contributed by atoms with Gasteiger partial charge in [0.15, 0.2) is 6.61 Å². The van der Waals surface area contributed by atoms with Crippen molar-refractivity contribution in [3.8, 4) is 5.75 Å². The standard InChI is InChI=1S/C18H20ClNO2/c1-14-5-2-3-7-17(14)22-13-18(21)20-12-4-6-15-8-10-16(19)11-9-15/h2-3,5,7-11H,4,6,12-13H2,1H3,(H,20,21). The molecule has 0 fully saturated rings. The number of carbonyl (C=O) groups is 1. The molecule has 22 heavy (non-hydrogen) atoms. The van der Waals surface area contributed by atoms with Crippen LogP contribution in [0.4, 0.5) is 0 Å². The second-order valence-electron chi connectivity index (χ2n) is 5.13. The maximum atomic E-state index is 11.7. The number of rotatable bonds is 7. The van der Waals surface area contributed by atoms with Gasteiger partial charge in [-0.15, -0.1) is 0 Å². The largest absolute Gasteiger partial charge is 0.484 e. The minimum atomic E-state index is -0.0978. The summed E-state index contributed by atoms with van der Waals surface area (Å²) in [5, 5.41) is 3.61. The molecule has 1 amide bonds. The van der Waals surface area contributed by atoms with Gasteiger partial charge in [0.2, 0.25) is 0 Å². The molecule has 2 rings (SSSR count). The highest BCUT2D eigenvalue weighted by molar-refractivity contribution is 6.30. The van der Waals surface area contributed by atoms with Crippen LogP contribution in [0.15, 0.2) is 48.5 Å². The van der Waals surface area contributed by atoms with Gasteiger partial charge in [-0.1, -0.05) is 41.9 Å². The molecule has 0 aliphatic heterocycles. The fraction of sp³-hybridized carbons (Fsp3) is 0.278. The predicted octanol–water partition coefficient (Wildman–Crippen LogP) is 3.78. The predicted molar refractivity (Wildman–Crippen MR) is 89.5 cm³/mol. The molecule has 1 N–H and O–H groups in total. The Labute approximate surface area is 136 Å². The molecule has 0 saturated carbocycles. The normalized spacial score (nSPS) is 10.3. The molecule has 0 heterocycles. The second-order valence-corrected chi connectivity index (χ2v) is 5.57. The maximum Gasteiger partial charge on any atom is 0.257 e. The van der Waals surface area contributed by atoms with E-state index in [0.717, 1.165) is 29.2 Å². The van der Waals surface area contributed by atoms with Crippen LogP contribution in [0.3, 0.4) is 0 Å². The van der Waals surface area contributed by atoms with E-state index < -0.39 is 0 Å². The lowest BCUT2D eigenvalue weighted by molar-refractivity contribution is -0.123. The van der Waals surface area contributed by atoms with Crippen LogP contribution in [0, 0.1) is 6.92 Å². The van der Waals surface area contributed by atoms with Crippen LogP contribution >= 0.6 is 11.6 Å². The van der Waals surface area contributed by atoms with Crippen molar-refractivity contribution in [2.45, 2.75) is 19.8 Å². The number of carbonyl (C=O) groups excluding carboxylic acids is 1. The number of halogens is 1. The maximum absolute atomic E-state index is 11.7. The van der Waals surface area contributed by atoms with E-state index in [9.17, 15) is 4.79 Å². The molecule has 0 aromatic heterocycles. The Morgan fingerprint density at radius 2 is 1.86 bits per heavy atom. The molecule has 2 aromatic carbocycles. The zero-order valence-corrected chi connectivity index (χ0v) is 13.4. The van der Waals surface area contributed by atoms with Crippen molar-refractivity contribution in [2.24, 2.45) is 0 Å². The van der Waals surface area contributed by atoms with Crippen molar-refractivity contribution in [3.63, 3.8) is 0 Å². The smallest absolute Gasteiger partial charge is 0.257 e. The molecule has 0 radical (unpaired) electrons. The van der Waals surface area contributed by atoms with Crippen LogP contribution in [0.25, 0.3) is 0 Å². The molecule has 0 aliphatic rings. The number of amides is 1. The summed E-state index contributed by atoms with van der Waals surface area (Å²) in [5.74, 6) is 0.651. The fourth-order valence-electron chi connectivity index (χ4n) is 2.08. The van der Waals surface area contributed by atoms with E-state index in [1.54, 1.807) is 0 Å². The summed E-state index contributed by atoms with van der Waals surface area (Å²) in [4.78, 5) is 11.7. The van der Waals surface area contributed by atoms with Gasteiger partial charge in [0.05, 0.1) is 0 Å². The van der Waals surface area contributed by atoms with E-state index >= 15 is 0 Å². The molecule has 0 spiro atoms. The summed E-state index contributed by atoms with van der Waals surface area (Å²) >= 11 is 5.84. The number of nitrogens with one attached hydrogen (secondary N) is 1. The Balaban J connectivity index is 1.64. The highest BCUT2D eigenvalue weighted by Crippen LogP contribution is 2.15. The molecule has 4 heteroatoms. The van der Waals surface area contributed by atoms with Crippen LogP contribution in [0.1, 0.15) is 17.5 Å². The Morgan fingerprint density at radius 1 is 1.14 bits per heavy atom. The van der Waals surface area contributed by atoms with E-state index in [1.807, 2.05) is 55.5 Å². The number of para-hydroxylation sites is 1. The van der Waals surface area contributed by atoms with Gasteiger partial charge >= 0.3 is 0 Å². The molecule has 0 bridgehead atoms. The average molecular weight is 318 g/mol. The number of benzene rings is 2. The molecule has 0 aliphatic carbocycles. The van der Waals surface area contributed by atoms with Gasteiger partial charge < -0.3 is 10.1 Å². The van der Waals surface area contributed by atoms with Crippen LogP contribution in [0.2, 0.25) is 5.02 Å². The van der Waals surface area contributed by atoms with E-state index in [-0.39, 0.29) is 12.5 Å². The Morgan fingerprint density at radius 3 is 2.59 bits per heavy atom. The van der Waals surface area contributed by atoms with Gasteiger partial charge in [0, 0.05) is 11.6 Å². The van der Waals surface area contributed by atoms with E-state index in [2.05, 4.69) is 5.32 Å². The van der Waals surface area contributed by atoms with Crippen molar-refractivity contribution < 1.29 is 9.53 Å². The molecular weight excluding hydrogens is 298 g/mol. The Bertz CT molecular complexity index is 611. The van der Waals surface area contributed by atoms with Crippen LogP contribution in [0.5, 0.6) is 5.75 Å². The zero-order valence-electron chi connectivity index (χ0n) is 12.6. The Hall–Kier alpha value is -2.00. The van der Waals surface area contributed by atoms with Crippen molar-refractivity contribution in [3.05, 3.63) is 64.7 Å². The van der Waals surface area contributed by atoms with Gasteiger partial charge in [-0.05, 0) is 49.1 Å². The van der Waals surface area contributed by atoms with Crippen molar-refractivity contribution >= 4 is 17.5 Å². The first-order valence-corrected chi connectivity index (χ1v) is 7.72. The summed E-state index contributed by atoms with van der Waals surface area (Å²) in [7, 11) is 0. The van der Waals surface area contributed by atoms with Gasteiger partial charge in [0.1, 0.15) is 5.75 Å². The average Bonchev–Trinajstić information content (AvgIpc) is 2.52. The van der Waals surface area contributed by atoms with E-state index in [4.69, 9.17) is 16.3 Å². The van der Waals surface area contributed by atoms with Gasteiger partial charge in [-0.25, -0.2) is 0 Å². The van der Waals surface area contributed by atoms with Crippen molar-refractivity contribution in [1.82, 2.24) is 5.32 Å². The molecular formula is C18H20ClNO2. The minimum Gasteiger partial charge on any atom is -0.484 e. The zero-order chi connectivity index (χ0) is 15.8. The fourth-order valence-corrected chi connectivity index (χ4v) is 2.21. The number of ether oxygens (including phenoxy) is 1. The third kappa shape index (κ3) is 5.41. The minimum absolute atomic E-state index is 0.0474. The first-order chi connectivity index (χ1) is 10.6. The van der Waals surface area contributed by atoms with Crippen LogP contribution in [-0.4, -0.2) is 19.1 Å². The number of hydrogen-bond acceptors (Lipinski definition) is 2. The first kappa shape index (κ1) is 16.4. The summed E-state index contributed by atoms with van der Waals surface area (Å²) in [6.45, 7) is 2.64. The van der Waals surface area contributed by atoms with Crippen LogP contribution in [-0.2, 0) is 11.2 Å². The highest BCUT2D eigenvalue weighted by atomic mass is 35.5. The van der Waals surface area contributed by atoms with Crippen LogP contribution < -0.4 is 10.1 Å². The van der Waals surface area contributed by atoms with E-state index in [1.165, 1.54) is 5.56 Å². The third-order valence-electron chi connectivity index (χ3n) is 3.33. The lowest BCUT2D eigenvalue weighted by atomic mass is 10.1. The van der Waals surface area contributed by atoms with Gasteiger partial charge in [-0.3, -0.25) is 4.79 Å². The summed E-state index contributed by atoms with van der Waals surface area (Å²) in [6, 6.07) is 15.4. The molecule has 0 saturated heterocycles. The molecule has 0 unspecified atom stereocenters. The third-order valence-corrected chi connectivity index (χ3v) is 3.58. The number of hydrogen-bond donors (Lipinski definition) is 1. The topological polar surface area (TPSA) is 38.3 Å². The summed E-state index contributed by atoms with van der Waals surface area (Å²) < 4.78 is 5.50. The van der Waals surface area contributed by atoms with Gasteiger partial charge in [0.25, 0.3) is 5.91 Å². The molecule has 2 aromatic rings. The quantitative estimate of drug-likeness (QED) is 0.789. The summed E-state index contributed by atoms with van der Waals surface area (Å²) in [6.07, 6.45) is 1.80. The lowest BCUT2D eigenvalue weighted by Crippen LogP contribution is -2.30. The molecule has 3 nitrogen and oxygen atoms in total. The van der Waals surface area contributed by atoms with Crippen molar-refractivity contribution in [2.75, 3.05) is 13.2 Å². The van der Waals surface area contributed by atoms with E-state index in [0.29, 0.717) is 6.54 Å².